The number of amides is 2. The largest absolute Gasteiger partial charge is 0.337 e. The molecule has 1 aromatic rings. The number of benzene rings is 1. The lowest BCUT2D eigenvalue weighted by molar-refractivity contribution is 0.250. The summed E-state index contributed by atoms with van der Waals surface area (Å²) in [5, 5.41) is 5.36. The number of hydrazine groups is 1. The van der Waals surface area contributed by atoms with Gasteiger partial charge in [0.1, 0.15) is 5.82 Å². The number of hydrogen-bond donors (Lipinski definition) is 4. The standard InChI is InChI=1S/C12H17FN4O/c1-8-9(7-15-17-8)6-14-12(18)16-11-4-2-3-10(13)5-11/h2-5,8-9,15,17H,6-7H2,1H3,(H2,14,16,18). The first-order valence-electron chi connectivity index (χ1n) is 5.94. The third-order valence-corrected chi connectivity index (χ3v) is 3.01. The maximum absolute atomic E-state index is 12.9. The number of carbonyl (C=O) groups excluding carboxylic acids is 1. The molecular formula is C12H17FN4O. The quantitative estimate of drug-likeness (QED) is 0.650. The summed E-state index contributed by atoms with van der Waals surface area (Å²) in [4.78, 5) is 11.6. The number of rotatable bonds is 3. The van der Waals surface area contributed by atoms with Gasteiger partial charge >= 0.3 is 6.03 Å². The summed E-state index contributed by atoms with van der Waals surface area (Å²) >= 11 is 0. The number of nitrogens with one attached hydrogen (secondary N) is 4. The molecule has 1 heterocycles. The highest BCUT2D eigenvalue weighted by Gasteiger charge is 2.22. The second-order valence-electron chi connectivity index (χ2n) is 4.42. The molecular weight excluding hydrogens is 235 g/mol. The molecule has 1 aliphatic rings. The van der Waals surface area contributed by atoms with E-state index in [0.717, 1.165) is 6.54 Å². The maximum atomic E-state index is 12.9. The van der Waals surface area contributed by atoms with Crippen LogP contribution in [0.3, 0.4) is 0 Å². The molecule has 0 radical (unpaired) electrons. The molecule has 2 amide bonds. The summed E-state index contributed by atoms with van der Waals surface area (Å²) in [5.41, 5.74) is 6.56. The molecule has 0 aliphatic carbocycles. The molecule has 0 saturated carbocycles. The molecule has 5 nitrogen and oxygen atoms in total. The van der Waals surface area contributed by atoms with Crippen molar-refractivity contribution in [1.29, 1.82) is 0 Å². The van der Waals surface area contributed by atoms with Crippen molar-refractivity contribution in [3.05, 3.63) is 30.1 Å². The lowest BCUT2D eigenvalue weighted by atomic mass is 10.0. The zero-order valence-electron chi connectivity index (χ0n) is 10.2. The molecule has 18 heavy (non-hydrogen) atoms. The van der Waals surface area contributed by atoms with Crippen molar-refractivity contribution < 1.29 is 9.18 Å². The first-order valence-corrected chi connectivity index (χ1v) is 5.94. The fraction of sp³-hybridized carbons (Fsp3) is 0.417. The number of anilines is 1. The third kappa shape index (κ3) is 3.41. The summed E-state index contributed by atoms with van der Waals surface area (Å²) < 4.78 is 12.9. The average Bonchev–Trinajstić information content (AvgIpc) is 2.72. The van der Waals surface area contributed by atoms with Gasteiger partial charge in [0.05, 0.1) is 0 Å². The van der Waals surface area contributed by atoms with Crippen LogP contribution in [0.25, 0.3) is 0 Å². The van der Waals surface area contributed by atoms with Gasteiger partial charge in [-0.25, -0.2) is 9.18 Å². The monoisotopic (exact) mass is 252 g/mol. The number of halogens is 1. The van der Waals surface area contributed by atoms with Gasteiger partial charge < -0.3 is 10.6 Å². The molecule has 1 fully saturated rings. The minimum Gasteiger partial charge on any atom is -0.337 e. The molecule has 98 valence electrons. The van der Waals surface area contributed by atoms with E-state index in [1.54, 1.807) is 12.1 Å². The molecule has 1 aromatic carbocycles. The highest BCUT2D eigenvalue weighted by Crippen LogP contribution is 2.09. The van der Waals surface area contributed by atoms with E-state index in [2.05, 4.69) is 28.4 Å². The summed E-state index contributed by atoms with van der Waals surface area (Å²) in [6.45, 7) is 3.44. The van der Waals surface area contributed by atoms with Crippen LogP contribution in [0, 0.1) is 11.7 Å². The van der Waals surface area contributed by atoms with E-state index in [-0.39, 0.29) is 11.8 Å². The normalized spacial score (nSPS) is 22.8. The minimum absolute atomic E-state index is 0.319. The van der Waals surface area contributed by atoms with E-state index >= 15 is 0 Å². The van der Waals surface area contributed by atoms with Gasteiger partial charge in [-0.05, 0) is 25.1 Å². The molecule has 0 aromatic heterocycles. The van der Waals surface area contributed by atoms with Gasteiger partial charge in [-0.1, -0.05) is 6.07 Å². The van der Waals surface area contributed by atoms with Gasteiger partial charge in [0.25, 0.3) is 0 Å². The van der Waals surface area contributed by atoms with Crippen molar-refractivity contribution in [2.24, 2.45) is 5.92 Å². The van der Waals surface area contributed by atoms with E-state index in [0.29, 0.717) is 24.2 Å². The number of carbonyl (C=O) groups is 1. The van der Waals surface area contributed by atoms with Gasteiger partial charge in [0.15, 0.2) is 0 Å². The van der Waals surface area contributed by atoms with Gasteiger partial charge in [-0.3, -0.25) is 10.9 Å². The maximum Gasteiger partial charge on any atom is 0.319 e. The molecule has 1 saturated heterocycles. The van der Waals surface area contributed by atoms with Crippen molar-refractivity contribution >= 4 is 11.7 Å². The first kappa shape index (κ1) is 12.8. The fourth-order valence-corrected chi connectivity index (χ4v) is 1.86. The molecule has 0 bridgehead atoms. The molecule has 0 spiro atoms. The minimum atomic E-state index is -0.370. The van der Waals surface area contributed by atoms with Crippen LogP contribution in [-0.2, 0) is 0 Å². The molecule has 6 heteroatoms. The van der Waals surface area contributed by atoms with Crippen molar-refractivity contribution in [3.8, 4) is 0 Å². The summed E-state index contributed by atoms with van der Waals surface area (Å²) in [6, 6.07) is 5.81. The summed E-state index contributed by atoms with van der Waals surface area (Å²) in [6.07, 6.45) is 0. The highest BCUT2D eigenvalue weighted by atomic mass is 19.1. The predicted octanol–water partition coefficient (Wildman–Crippen LogP) is 1.06. The van der Waals surface area contributed by atoms with Gasteiger partial charge in [-0.2, -0.15) is 0 Å². The molecule has 2 rings (SSSR count). The van der Waals surface area contributed by atoms with Crippen LogP contribution in [0.2, 0.25) is 0 Å². The van der Waals surface area contributed by atoms with E-state index < -0.39 is 0 Å². The van der Waals surface area contributed by atoms with Crippen LogP contribution >= 0.6 is 0 Å². The molecule has 2 atom stereocenters. The van der Waals surface area contributed by atoms with Crippen LogP contribution in [0.15, 0.2) is 24.3 Å². The Morgan fingerprint density at radius 1 is 1.56 bits per heavy atom. The topological polar surface area (TPSA) is 65.2 Å². The van der Waals surface area contributed by atoms with E-state index in [1.165, 1.54) is 12.1 Å². The van der Waals surface area contributed by atoms with E-state index in [1.807, 2.05) is 0 Å². The van der Waals surface area contributed by atoms with Crippen LogP contribution < -0.4 is 21.5 Å². The molecule has 4 N–H and O–H groups in total. The average molecular weight is 252 g/mol. The lowest BCUT2D eigenvalue weighted by Crippen LogP contribution is -2.37. The van der Waals surface area contributed by atoms with E-state index in [9.17, 15) is 9.18 Å². The Kier molecular flexibility index (Phi) is 4.11. The van der Waals surface area contributed by atoms with Crippen molar-refractivity contribution in [3.63, 3.8) is 0 Å². The zero-order valence-corrected chi connectivity index (χ0v) is 10.2. The Morgan fingerprint density at radius 2 is 2.39 bits per heavy atom. The van der Waals surface area contributed by atoms with Gasteiger partial charge in [0, 0.05) is 30.7 Å². The van der Waals surface area contributed by atoms with Crippen molar-refractivity contribution in [2.75, 3.05) is 18.4 Å². The van der Waals surface area contributed by atoms with Crippen LogP contribution in [0.5, 0.6) is 0 Å². The Balaban J connectivity index is 1.78. The van der Waals surface area contributed by atoms with Crippen molar-refractivity contribution in [1.82, 2.24) is 16.2 Å². The molecule has 1 aliphatic heterocycles. The van der Waals surface area contributed by atoms with E-state index in [4.69, 9.17) is 0 Å². The zero-order chi connectivity index (χ0) is 13.0. The summed E-state index contributed by atoms with van der Waals surface area (Å²) in [5.74, 6) is -0.0196. The Morgan fingerprint density at radius 3 is 3.06 bits per heavy atom. The second kappa shape index (κ2) is 5.79. The fourth-order valence-electron chi connectivity index (χ4n) is 1.86. The second-order valence-corrected chi connectivity index (χ2v) is 4.42. The Labute approximate surface area is 105 Å². The van der Waals surface area contributed by atoms with Gasteiger partial charge in [0.2, 0.25) is 0 Å². The van der Waals surface area contributed by atoms with Crippen LogP contribution in [0.4, 0.5) is 14.9 Å². The highest BCUT2D eigenvalue weighted by molar-refractivity contribution is 5.89. The Hall–Kier alpha value is -1.66. The summed E-state index contributed by atoms with van der Waals surface area (Å²) in [7, 11) is 0. The van der Waals surface area contributed by atoms with Crippen LogP contribution in [0.1, 0.15) is 6.92 Å². The SMILES string of the molecule is CC1NNCC1CNC(=O)Nc1cccc(F)c1. The van der Waals surface area contributed by atoms with Crippen LogP contribution in [-0.4, -0.2) is 25.2 Å². The number of urea groups is 1. The smallest absolute Gasteiger partial charge is 0.319 e. The number of hydrogen-bond acceptors (Lipinski definition) is 3. The van der Waals surface area contributed by atoms with Gasteiger partial charge in [-0.15, -0.1) is 0 Å². The molecule has 2 unspecified atom stereocenters. The third-order valence-electron chi connectivity index (χ3n) is 3.01. The lowest BCUT2D eigenvalue weighted by Gasteiger charge is -2.14. The first-order chi connectivity index (χ1) is 8.65. The Bertz CT molecular complexity index is 426. The van der Waals surface area contributed by atoms with Crippen molar-refractivity contribution in [2.45, 2.75) is 13.0 Å². The predicted molar refractivity (Wildman–Crippen MR) is 67.5 cm³/mol.